The highest BCUT2D eigenvalue weighted by Gasteiger charge is 2.34. The number of halogens is 3. The number of carbonyl (C=O) groups is 2. The first kappa shape index (κ1) is 26.8. The second-order valence-corrected chi connectivity index (χ2v) is 9.38. The molecular formula is C21H22Cl3N3O5S. The molecule has 0 aliphatic heterocycles. The number of anilines is 1. The van der Waals surface area contributed by atoms with Crippen LogP contribution in [0, 0.1) is 0 Å². The summed E-state index contributed by atoms with van der Waals surface area (Å²) in [6.45, 7) is 0. The van der Waals surface area contributed by atoms with E-state index >= 15 is 0 Å². The number of thiocarbonyl (C=S) groups is 1. The van der Waals surface area contributed by atoms with Crippen molar-refractivity contribution >= 4 is 69.7 Å². The summed E-state index contributed by atoms with van der Waals surface area (Å²) in [4.78, 5) is 24.2. The van der Waals surface area contributed by atoms with E-state index in [-0.39, 0.29) is 11.5 Å². The number of carbonyl (C=O) groups excluding carboxylic acids is 2. The zero-order chi connectivity index (χ0) is 24.6. The Bertz CT molecular complexity index is 977. The van der Waals surface area contributed by atoms with Gasteiger partial charge in [-0.1, -0.05) is 34.8 Å². The normalized spacial score (nSPS) is 11.7. The van der Waals surface area contributed by atoms with Crippen molar-refractivity contribution in [3.8, 4) is 11.5 Å². The molecule has 8 nitrogen and oxygen atoms in total. The van der Waals surface area contributed by atoms with Gasteiger partial charge in [-0.2, -0.15) is 0 Å². The quantitative estimate of drug-likeness (QED) is 0.203. The lowest BCUT2D eigenvalue weighted by Gasteiger charge is -2.28. The summed E-state index contributed by atoms with van der Waals surface area (Å²) in [6, 6.07) is 11.5. The fraction of sp³-hybridized carbons (Fsp3) is 0.286. The van der Waals surface area contributed by atoms with Crippen molar-refractivity contribution < 1.29 is 23.8 Å². The SMILES string of the molecule is COC(=O)c1ccc(NC(=S)N[C@H](NC(=O)Cc2cc(OC)cc(OC)c2)C(Cl)(Cl)Cl)cc1. The largest absolute Gasteiger partial charge is 0.497 e. The molecule has 2 rings (SSSR count). The van der Waals surface area contributed by atoms with Crippen molar-refractivity contribution in [3.63, 3.8) is 0 Å². The van der Waals surface area contributed by atoms with Gasteiger partial charge in [-0.25, -0.2) is 4.79 Å². The van der Waals surface area contributed by atoms with E-state index in [9.17, 15) is 9.59 Å². The number of alkyl halides is 3. The Morgan fingerprint density at radius 3 is 2.03 bits per heavy atom. The minimum Gasteiger partial charge on any atom is -0.497 e. The summed E-state index contributed by atoms with van der Waals surface area (Å²) in [5.41, 5.74) is 1.58. The molecule has 0 spiro atoms. The number of hydrogen-bond acceptors (Lipinski definition) is 6. The van der Waals surface area contributed by atoms with Crippen LogP contribution in [0.5, 0.6) is 11.5 Å². The minimum absolute atomic E-state index is 0.0261. The average molecular weight is 535 g/mol. The van der Waals surface area contributed by atoms with E-state index in [1.165, 1.54) is 21.3 Å². The maximum absolute atomic E-state index is 12.6. The van der Waals surface area contributed by atoms with Crippen LogP contribution in [0.4, 0.5) is 5.69 Å². The molecule has 0 fully saturated rings. The lowest BCUT2D eigenvalue weighted by Crippen LogP contribution is -2.56. The fourth-order valence-electron chi connectivity index (χ4n) is 2.67. The van der Waals surface area contributed by atoms with Gasteiger partial charge in [-0.3, -0.25) is 4.79 Å². The van der Waals surface area contributed by atoms with Gasteiger partial charge in [0.05, 0.1) is 33.3 Å². The van der Waals surface area contributed by atoms with Crippen molar-refractivity contribution in [2.75, 3.05) is 26.6 Å². The van der Waals surface area contributed by atoms with E-state index in [0.29, 0.717) is 28.3 Å². The van der Waals surface area contributed by atoms with Gasteiger partial charge in [-0.05, 0) is 54.2 Å². The van der Waals surface area contributed by atoms with E-state index in [2.05, 4.69) is 20.7 Å². The number of amides is 1. The fourth-order valence-corrected chi connectivity index (χ4v) is 3.23. The van der Waals surface area contributed by atoms with Crippen LogP contribution in [0.15, 0.2) is 42.5 Å². The topological polar surface area (TPSA) is 97.9 Å². The zero-order valence-electron chi connectivity index (χ0n) is 17.9. The molecule has 1 atom stereocenters. The number of hydrogen-bond donors (Lipinski definition) is 3. The van der Waals surface area contributed by atoms with Crippen molar-refractivity contribution in [1.82, 2.24) is 10.6 Å². The molecule has 33 heavy (non-hydrogen) atoms. The van der Waals surface area contributed by atoms with E-state index in [1.54, 1.807) is 42.5 Å². The van der Waals surface area contributed by atoms with E-state index in [0.717, 1.165) is 0 Å². The summed E-state index contributed by atoms with van der Waals surface area (Å²) < 4.78 is 13.2. The van der Waals surface area contributed by atoms with Gasteiger partial charge in [0.25, 0.3) is 0 Å². The van der Waals surface area contributed by atoms with Gasteiger partial charge in [0, 0.05) is 11.8 Å². The lowest BCUT2D eigenvalue weighted by atomic mass is 10.1. The lowest BCUT2D eigenvalue weighted by molar-refractivity contribution is -0.121. The molecule has 1 amide bonds. The Morgan fingerprint density at radius 2 is 1.55 bits per heavy atom. The van der Waals surface area contributed by atoms with Crippen LogP contribution in [-0.4, -0.2) is 48.3 Å². The molecule has 0 aliphatic rings. The molecule has 0 aromatic heterocycles. The van der Waals surface area contributed by atoms with E-state index in [1.807, 2.05) is 0 Å². The molecule has 12 heteroatoms. The van der Waals surface area contributed by atoms with Crippen LogP contribution in [0.25, 0.3) is 0 Å². The molecule has 0 bridgehead atoms. The summed E-state index contributed by atoms with van der Waals surface area (Å²) >= 11 is 23.4. The molecule has 0 heterocycles. The summed E-state index contributed by atoms with van der Waals surface area (Å²) in [7, 11) is 4.32. The summed E-state index contributed by atoms with van der Waals surface area (Å²) in [5, 5.41) is 8.35. The predicted molar refractivity (Wildman–Crippen MR) is 133 cm³/mol. The Hall–Kier alpha value is -2.46. The first-order valence-corrected chi connectivity index (χ1v) is 10.9. The van der Waals surface area contributed by atoms with Crippen LogP contribution in [-0.2, 0) is 16.0 Å². The Morgan fingerprint density at radius 1 is 0.970 bits per heavy atom. The molecule has 0 saturated heterocycles. The number of nitrogens with one attached hydrogen (secondary N) is 3. The van der Waals surface area contributed by atoms with Crippen molar-refractivity contribution in [2.45, 2.75) is 16.4 Å². The molecule has 3 N–H and O–H groups in total. The Labute approximate surface area is 211 Å². The smallest absolute Gasteiger partial charge is 0.337 e. The van der Waals surface area contributed by atoms with Gasteiger partial charge < -0.3 is 30.2 Å². The van der Waals surface area contributed by atoms with Gasteiger partial charge >= 0.3 is 5.97 Å². The number of benzene rings is 2. The summed E-state index contributed by atoms with van der Waals surface area (Å²) in [5.74, 6) is 0.183. The number of esters is 1. The molecule has 0 unspecified atom stereocenters. The number of ether oxygens (including phenoxy) is 3. The van der Waals surface area contributed by atoms with Crippen molar-refractivity contribution in [1.29, 1.82) is 0 Å². The van der Waals surface area contributed by atoms with E-state index in [4.69, 9.17) is 56.5 Å². The maximum atomic E-state index is 12.6. The maximum Gasteiger partial charge on any atom is 0.337 e. The van der Waals surface area contributed by atoms with Gasteiger partial charge in [0.2, 0.25) is 9.70 Å². The first-order valence-electron chi connectivity index (χ1n) is 9.39. The highest BCUT2D eigenvalue weighted by molar-refractivity contribution is 7.80. The Balaban J connectivity index is 2.03. The van der Waals surface area contributed by atoms with Gasteiger partial charge in [0.15, 0.2) is 5.11 Å². The van der Waals surface area contributed by atoms with Crippen molar-refractivity contribution in [3.05, 3.63) is 53.6 Å². The highest BCUT2D eigenvalue weighted by atomic mass is 35.6. The first-order chi connectivity index (χ1) is 15.5. The monoisotopic (exact) mass is 533 g/mol. The predicted octanol–water partition coefficient (Wildman–Crippen LogP) is 3.83. The third-order valence-corrected chi connectivity index (χ3v) is 5.12. The second kappa shape index (κ2) is 12.1. The van der Waals surface area contributed by atoms with Crippen molar-refractivity contribution in [2.24, 2.45) is 0 Å². The van der Waals surface area contributed by atoms with Gasteiger partial charge in [0.1, 0.15) is 17.7 Å². The molecule has 0 saturated carbocycles. The second-order valence-electron chi connectivity index (χ2n) is 6.61. The third kappa shape index (κ3) is 8.43. The van der Waals surface area contributed by atoms with E-state index < -0.39 is 21.8 Å². The molecular weight excluding hydrogens is 513 g/mol. The summed E-state index contributed by atoms with van der Waals surface area (Å²) in [6.07, 6.45) is -1.17. The molecule has 0 aliphatic carbocycles. The van der Waals surface area contributed by atoms with Crippen LogP contribution in [0.2, 0.25) is 0 Å². The third-order valence-electron chi connectivity index (χ3n) is 4.25. The molecule has 178 valence electrons. The van der Waals surface area contributed by atoms with Crippen LogP contribution in [0.3, 0.4) is 0 Å². The van der Waals surface area contributed by atoms with Crippen LogP contribution >= 0.6 is 47.0 Å². The van der Waals surface area contributed by atoms with Crippen LogP contribution in [0.1, 0.15) is 15.9 Å². The van der Waals surface area contributed by atoms with Crippen LogP contribution < -0.4 is 25.4 Å². The number of rotatable bonds is 8. The number of methoxy groups -OCH3 is 3. The Kier molecular flexibility index (Phi) is 9.85. The molecule has 0 radical (unpaired) electrons. The molecule has 2 aromatic rings. The standard InChI is InChI=1S/C21H22Cl3N3O5S/c1-30-15-8-12(9-16(11-15)31-2)10-17(28)26-19(21(22,23)24)27-20(33)25-14-6-4-13(5-7-14)18(29)32-3/h4-9,11,19H,10H2,1-3H3,(H,26,28)(H2,25,27,33)/t19-/m0/s1. The highest BCUT2D eigenvalue weighted by Crippen LogP contribution is 2.29. The minimum atomic E-state index is -1.91. The average Bonchev–Trinajstić information content (AvgIpc) is 2.77. The van der Waals surface area contributed by atoms with Gasteiger partial charge in [-0.15, -0.1) is 0 Å². The molecule has 2 aromatic carbocycles. The zero-order valence-corrected chi connectivity index (χ0v) is 21.0.